The lowest BCUT2D eigenvalue weighted by molar-refractivity contribution is 0.0994. The third-order valence-electron chi connectivity index (χ3n) is 1.98. The van der Waals surface area contributed by atoms with E-state index in [1.807, 2.05) is 6.92 Å². The highest BCUT2D eigenvalue weighted by Crippen LogP contribution is 2.05. The predicted molar refractivity (Wildman–Crippen MR) is 55.3 cm³/mol. The number of amides is 1. The molecule has 0 aromatic carbocycles. The molecule has 1 rings (SSSR count). The molecule has 0 fully saturated rings. The van der Waals surface area contributed by atoms with Crippen LogP contribution < -0.4 is 11.1 Å². The number of nitrogens with one attached hydrogen (secondary N) is 1. The molecule has 1 unspecified atom stereocenters. The average molecular weight is 210 g/mol. The normalized spacial score (nSPS) is 12.1. The van der Waals surface area contributed by atoms with Gasteiger partial charge < -0.3 is 16.2 Å². The van der Waals surface area contributed by atoms with Crippen molar-refractivity contribution >= 4 is 11.7 Å². The molecule has 0 spiro atoms. The maximum absolute atomic E-state index is 10.7. The van der Waals surface area contributed by atoms with Crippen LogP contribution in [0.4, 0.5) is 5.82 Å². The summed E-state index contributed by atoms with van der Waals surface area (Å²) in [6.07, 6.45) is 0.774. The van der Waals surface area contributed by atoms with E-state index in [0.717, 1.165) is 6.42 Å². The van der Waals surface area contributed by atoms with E-state index in [0.29, 0.717) is 5.82 Å². The topological polar surface area (TPSA) is 101 Å². The van der Waals surface area contributed by atoms with Gasteiger partial charge in [0.15, 0.2) is 5.69 Å². The van der Waals surface area contributed by atoms with Gasteiger partial charge in [-0.3, -0.25) is 4.79 Å². The van der Waals surface area contributed by atoms with Gasteiger partial charge >= 0.3 is 0 Å². The van der Waals surface area contributed by atoms with E-state index in [2.05, 4.69) is 15.5 Å². The molecule has 1 amide bonds. The lowest BCUT2D eigenvalue weighted by atomic mass is 10.2. The minimum atomic E-state index is -0.608. The number of hydrogen-bond donors (Lipinski definition) is 3. The lowest BCUT2D eigenvalue weighted by Crippen LogP contribution is -2.23. The van der Waals surface area contributed by atoms with Gasteiger partial charge in [0.05, 0.1) is 12.6 Å². The summed E-state index contributed by atoms with van der Waals surface area (Å²) in [5.74, 6) is -0.0934. The van der Waals surface area contributed by atoms with Gasteiger partial charge in [-0.2, -0.15) is 0 Å². The van der Waals surface area contributed by atoms with Crippen LogP contribution in [0.2, 0.25) is 0 Å². The Kier molecular flexibility index (Phi) is 3.99. The zero-order valence-electron chi connectivity index (χ0n) is 8.47. The fourth-order valence-electron chi connectivity index (χ4n) is 1.03. The van der Waals surface area contributed by atoms with Crippen LogP contribution in [0, 0.1) is 0 Å². The van der Waals surface area contributed by atoms with Crippen molar-refractivity contribution in [3.8, 4) is 0 Å². The highest BCUT2D eigenvalue weighted by atomic mass is 16.3. The van der Waals surface area contributed by atoms with Gasteiger partial charge in [-0.1, -0.05) is 6.92 Å². The van der Waals surface area contributed by atoms with Gasteiger partial charge in [0.2, 0.25) is 0 Å². The Hall–Kier alpha value is -1.69. The summed E-state index contributed by atoms with van der Waals surface area (Å²) in [6.45, 7) is 1.97. The molecule has 1 aromatic heterocycles. The molecule has 82 valence electrons. The summed E-state index contributed by atoms with van der Waals surface area (Å²) in [5, 5.41) is 19.3. The number of hydrogen-bond acceptors (Lipinski definition) is 5. The first kappa shape index (κ1) is 11.4. The van der Waals surface area contributed by atoms with Crippen molar-refractivity contribution in [1.29, 1.82) is 0 Å². The number of aliphatic hydroxyl groups is 1. The maximum atomic E-state index is 10.7. The predicted octanol–water partition coefficient (Wildman–Crippen LogP) is -0.242. The van der Waals surface area contributed by atoms with Crippen LogP contribution in [0.1, 0.15) is 23.8 Å². The van der Waals surface area contributed by atoms with Crippen LogP contribution in [-0.4, -0.2) is 33.9 Å². The number of aromatic nitrogens is 2. The fraction of sp³-hybridized carbons (Fsp3) is 0.444. The van der Waals surface area contributed by atoms with Gasteiger partial charge in [0, 0.05) is 0 Å². The number of carbonyl (C=O) groups excluding carboxylic acids is 1. The molecule has 6 nitrogen and oxygen atoms in total. The van der Waals surface area contributed by atoms with E-state index in [9.17, 15) is 4.79 Å². The number of primary amides is 1. The summed E-state index contributed by atoms with van der Waals surface area (Å²) in [5.41, 5.74) is 5.14. The molecule has 0 radical (unpaired) electrons. The molecule has 6 heteroatoms. The number of carbonyl (C=O) groups is 1. The van der Waals surface area contributed by atoms with Crippen molar-refractivity contribution in [2.24, 2.45) is 5.73 Å². The third-order valence-corrected chi connectivity index (χ3v) is 1.98. The molecule has 1 heterocycles. The van der Waals surface area contributed by atoms with E-state index < -0.39 is 5.91 Å². The van der Waals surface area contributed by atoms with E-state index >= 15 is 0 Å². The van der Waals surface area contributed by atoms with Gasteiger partial charge in [-0.25, -0.2) is 0 Å². The average Bonchev–Trinajstić information content (AvgIpc) is 2.26. The molecule has 0 saturated carbocycles. The summed E-state index contributed by atoms with van der Waals surface area (Å²) in [7, 11) is 0. The van der Waals surface area contributed by atoms with Gasteiger partial charge in [-0.05, 0) is 18.6 Å². The summed E-state index contributed by atoms with van der Waals surface area (Å²) >= 11 is 0. The van der Waals surface area contributed by atoms with Crippen LogP contribution in [0.3, 0.4) is 0 Å². The Morgan fingerprint density at radius 2 is 2.33 bits per heavy atom. The van der Waals surface area contributed by atoms with Gasteiger partial charge in [0.1, 0.15) is 5.82 Å². The summed E-state index contributed by atoms with van der Waals surface area (Å²) in [4.78, 5) is 10.7. The van der Waals surface area contributed by atoms with Crippen LogP contribution in [0.25, 0.3) is 0 Å². The molecule has 4 N–H and O–H groups in total. The molecular weight excluding hydrogens is 196 g/mol. The third kappa shape index (κ3) is 3.17. The second kappa shape index (κ2) is 5.26. The minimum absolute atomic E-state index is 0.0236. The Morgan fingerprint density at radius 3 is 2.73 bits per heavy atom. The molecule has 0 bridgehead atoms. The Bertz CT molecular complexity index is 321. The first-order chi connectivity index (χ1) is 7.17. The summed E-state index contributed by atoms with van der Waals surface area (Å²) < 4.78 is 0. The number of anilines is 1. The van der Waals surface area contributed by atoms with Crippen molar-refractivity contribution in [3.05, 3.63) is 17.8 Å². The van der Waals surface area contributed by atoms with Crippen molar-refractivity contribution in [2.45, 2.75) is 19.4 Å². The largest absolute Gasteiger partial charge is 0.394 e. The Balaban J connectivity index is 2.67. The summed E-state index contributed by atoms with van der Waals surface area (Å²) in [6, 6.07) is 3.03. The van der Waals surface area contributed by atoms with Crippen molar-refractivity contribution in [3.63, 3.8) is 0 Å². The smallest absolute Gasteiger partial charge is 0.269 e. The molecule has 0 saturated heterocycles. The van der Waals surface area contributed by atoms with Crippen LogP contribution >= 0.6 is 0 Å². The Morgan fingerprint density at radius 1 is 1.60 bits per heavy atom. The van der Waals surface area contributed by atoms with E-state index in [1.54, 1.807) is 6.07 Å². The zero-order chi connectivity index (χ0) is 11.3. The second-order valence-corrected chi connectivity index (χ2v) is 3.10. The second-order valence-electron chi connectivity index (χ2n) is 3.10. The number of nitrogens with two attached hydrogens (primary N) is 1. The first-order valence-corrected chi connectivity index (χ1v) is 4.68. The van der Waals surface area contributed by atoms with Crippen molar-refractivity contribution in [1.82, 2.24) is 10.2 Å². The number of aliphatic hydroxyl groups excluding tert-OH is 1. The molecule has 0 aliphatic carbocycles. The fourth-order valence-corrected chi connectivity index (χ4v) is 1.03. The van der Waals surface area contributed by atoms with E-state index in [-0.39, 0.29) is 18.3 Å². The molecule has 0 aliphatic heterocycles. The van der Waals surface area contributed by atoms with Gasteiger partial charge in [0.25, 0.3) is 5.91 Å². The van der Waals surface area contributed by atoms with E-state index in [4.69, 9.17) is 10.8 Å². The van der Waals surface area contributed by atoms with E-state index in [1.165, 1.54) is 6.07 Å². The quantitative estimate of drug-likeness (QED) is 0.622. The van der Waals surface area contributed by atoms with Crippen LogP contribution in [-0.2, 0) is 0 Å². The molecular formula is C9H14N4O2. The first-order valence-electron chi connectivity index (χ1n) is 4.68. The Labute approximate surface area is 87.5 Å². The monoisotopic (exact) mass is 210 g/mol. The number of nitrogens with zero attached hydrogens (tertiary/aromatic N) is 2. The maximum Gasteiger partial charge on any atom is 0.269 e. The lowest BCUT2D eigenvalue weighted by Gasteiger charge is -2.13. The molecule has 0 aliphatic rings. The minimum Gasteiger partial charge on any atom is -0.394 e. The van der Waals surface area contributed by atoms with Crippen molar-refractivity contribution in [2.75, 3.05) is 11.9 Å². The highest BCUT2D eigenvalue weighted by molar-refractivity contribution is 5.90. The number of rotatable bonds is 5. The highest BCUT2D eigenvalue weighted by Gasteiger charge is 2.06. The SMILES string of the molecule is CCC(CO)Nc1ccc(C(N)=O)nn1. The molecule has 15 heavy (non-hydrogen) atoms. The van der Waals surface area contributed by atoms with Gasteiger partial charge in [-0.15, -0.1) is 10.2 Å². The van der Waals surface area contributed by atoms with Crippen molar-refractivity contribution < 1.29 is 9.90 Å². The molecule has 1 aromatic rings. The van der Waals surface area contributed by atoms with Crippen LogP contribution in [0.15, 0.2) is 12.1 Å². The van der Waals surface area contributed by atoms with Crippen LogP contribution in [0.5, 0.6) is 0 Å². The molecule has 1 atom stereocenters. The standard InChI is InChI=1S/C9H14N4O2/c1-2-6(5-14)11-8-4-3-7(9(10)15)12-13-8/h3-4,6,14H,2,5H2,1H3,(H2,10,15)(H,11,13). The zero-order valence-corrected chi connectivity index (χ0v) is 8.47.